The summed E-state index contributed by atoms with van der Waals surface area (Å²) < 4.78 is 0. The SMILES string of the molecule is Cc1cc(N2CCCC2)nc(SCc2ccc(C(=O)NCCc3ccccn3)cc2)n1. The van der Waals surface area contributed by atoms with Gasteiger partial charge in [-0.1, -0.05) is 30.0 Å². The summed E-state index contributed by atoms with van der Waals surface area (Å²) >= 11 is 1.63. The smallest absolute Gasteiger partial charge is 0.251 e. The Kier molecular flexibility index (Phi) is 7.14. The number of aryl methyl sites for hydroxylation is 1. The largest absolute Gasteiger partial charge is 0.356 e. The second-order valence-corrected chi connectivity index (χ2v) is 8.60. The Labute approximate surface area is 187 Å². The van der Waals surface area contributed by atoms with E-state index in [4.69, 9.17) is 4.98 Å². The minimum atomic E-state index is -0.0626. The Morgan fingerprint density at radius 3 is 2.65 bits per heavy atom. The van der Waals surface area contributed by atoms with Crippen LogP contribution in [0.5, 0.6) is 0 Å². The highest BCUT2D eigenvalue weighted by Gasteiger charge is 2.15. The van der Waals surface area contributed by atoms with Crippen molar-refractivity contribution in [2.75, 3.05) is 24.5 Å². The maximum absolute atomic E-state index is 12.4. The third kappa shape index (κ3) is 6.04. The third-order valence-corrected chi connectivity index (χ3v) is 6.15. The highest BCUT2D eigenvalue weighted by Crippen LogP contribution is 2.24. The standard InChI is InChI=1S/C24H27N5OS/c1-18-16-22(29-14-4-5-15-29)28-24(27-18)31-17-19-7-9-20(10-8-19)23(30)26-13-11-21-6-2-3-12-25-21/h2-3,6-10,12,16H,4-5,11,13-15,17H2,1H3,(H,26,30). The Balaban J connectivity index is 1.29. The number of hydrogen-bond acceptors (Lipinski definition) is 6. The number of benzene rings is 1. The first-order valence-corrected chi connectivity index (χ1v) is 11.7. The molecular weight excluding hydrogens is 406 g/mol. The Hall–Kier alpha value is -2.93. The highest BCUT2D eigenvalue weighted by molar-refractivity contribution is 7.98. The molecule has 4 rings (SSSR count). The molecule has 6 nitrogen and oxygen atoms in total. The summed E-state index contributed by atoms with van der Waals surface area (Å²) in [7, 11) is 0. The summed E-state index contributed by atoms with van der Waals surface area (Å²) in [5.74, 6) is 1.74. The van der Waals surface area contributed by atoms with Crippen molar-refractivity contribution in [3.63, 3.8) is 0 Å². The summed E-state index contributed by atoms with van der Waals surface area (Å²) in [6.45, 7) is 4.74. The molecule has 0 spiro atoms. The lowest BCUT2D eigenvalue weighted by atomic mass is 10.1. The zero-order valence-electron chi connectivity index (χ0n) is 17.8. The number of anilines is 1. The second-order valence-electron chi connectivity index (χ2n) is 7.66. The van der Waals surface area contributed by atoms with Crippen LogP contribution in [0.2, 0.25) is 0 Å². The van der Waals surface area contributed by atoms with E-state index in [1.165, 1.54) is 12.8 Å². The molecule has 1 fully saturated rings. The molecule has 3 aromatic rings. The molecule has 1 amide bonds. The number of nitrogens with zero attached hydrogens (tertiary/aromatic N) is 4. The predicted octanol–water partition coefficient (Wildman–Crippen LogP) is 4.05. The Morgan fingerprint density at radius 1 is 1.10 bits per heavy atom. The van der Waals surface area contributed by atoms with E-state index in [2.05, 4.69) is 26.3 Å². The van der Waals surface area contributed by atoms with E-state index < -0.39 is 0 Å². The van der Waals surface area contributed by atoms with E-state index in [-0.39, 0.29) is 5.91 Å². The van der Waals surface area contributed by atoms with Crippen LogP contribution in [0.1, 0.15) is 40.2 Å². The average Bonchev–Trinajstić information content (AvgIpc) is 3.33. The van der Waals surface area contributed by atoms with E-state index in [1.54, 1.807) is 18.0 Å². The number of hydrogen-bond donors (Lipinski definition) is 1. The number of thioether (sulfide) groups is 1. The molecule has 3 heterocycles. The molecule has 1 aliphatic rings. The first-order valence-electron chi connectivity index (χ1n) is 10.7. The number of amides is 1. The summed E-state index contributed by atoms with van der Waals surface area (Å²) in [6.07, 6.45) is 4.95. The van der Waals surface area contributed by atoms with Gasteiger partial charge in [0.2, 0.25) is 0 Å². The van der Waals surface area contributed by atoms with E-state index in [0.717, 1.165) is 53.2 Å². The lowest BCUT2D eigenvalue weighted by Crippen LogP contribution is -2.25. The number of carbonyl (C=O) groups excluding carboxylic acids is 1. The fraction of sp³-hybridized carbons (Fsp3) is 0.333. The number of aromatic nitrogens is 3. The van der Waals surface area contributed by atoms with Gasteiger partial charge in [-0.2, -0.15) is 0 Å². The maximum Gasteiger partial charge on any atom is 0.251 e. The van der Waals surface area contributed by atoms with Gasteiger partial charge in [0.25, 0.3) is 5.91 Å². The fourth-order valence-electron chi connectivity index (χ4n) is 3.55. The van der Waals surface area contributed by atoms with Crippen LogP contribution in [0.3, 0.4) is 0 Å². The van der Waals surface area contributed by atoms with Gasteiger partial charge in [0.15, 0.2) is 5.16 Å². The van der Waals surface area contributed by atoms with Gasteiger partial charge in [-0.15, -0.1) is 0 Å². The van der Waals surface area contributed by atoms with Crippen LogP contribution >= 0.6 is 11.8 Å². The molecule has 160 valence electrons. The number of pyridine rings is 1. The monoisotopic (exact) mass is 433 g/mol. The Morgan fingerprint density at radius 2 is 1.90 bits per heavy atom. The van der Waals surface area contributed by atoms with Gasteiger partial charge in [0.1, 0.15) is 5.82 Å². The van der Waals surface area contributed by atoms with E-state index in [1.807, 2.05) is 49.4 Å². The fourth-order valence-corrected chi connectivity index (χ4v) is 4.41. The van der Waals surface area contributed by atoms with Gasteiger partial charge in [-0.3, -0.25) is 9.78 Å². The molecule has 1 aromatic carbocycles. The van der Waals surface area contributed by atoms with E-state index >= 15 is 0 Å². The van der Waals surface area contributed by atoms with Gasteiger partial charge in [-0.25, -0.2) is 9.97 Å². The van der Waals surface area contributed by atoms with Crippen molar-refractivity contribution in [1.82, 2.24) is 20.3 Å². The van der Waals surface area contributed by atoms with Crippen molar-refractivity contribution in [2.24, 2.45) is 0 Å². The van der Waals surface area contributed by atoms with Crippen molar-refractivity contribution in [1.29, 1.82) is 0 Å². The second kappa shape index (κ2) is 10.4. The summed E-state index contributed by atoms with van der Waals surface area (Å²) in [5.41, 5.74) is 3.78. The lowest BCUT2D eigenvalue weighted by Gasteiger charge is -2.17. The first-order chi connectivity index (χ1) is 15.2. The van der Waals surface area contributed by atoms with Crippen LogP contribution in [0, 0.1) is 6.92 Å². The minimum absolute atomic E-state index is 0.0626. The van der Waals surface area contributed by atoms with Gasteiger partial charge in [0, 0.05) is 61.0 Å². The Bertz CT molecular complexity index is 1000. The van der Waals surface area contributed by atoms with E-state index in [9.17, 15) is 4.79 Å². The number of rotatable bonds is 8. The minimum Gasteiger partial charge on any atom is -0.356 e. The van der Waals surface area contributed by atoms with Crippen molar-refractivity contribution >= 4 is 23.5 Å². The molecule has 0 radical (unpaired) electrons. The molecule has 0 atom stereocenters. The van der Waals surface area contributed by atoms with Crippen LogP contribution in [0.4, 0.5) is 5.82 Å². The molecule has 1 aliphatic heterocycles. The number of nitrogens with one attached hydrogen (secondary N) is 1. The van der Waals surface area contributed by atoms with Crippen molar-refractivity contribution < 1.29 is 4.79 Å². The molecule has 31 heavy (non-hydrogen) atoms. The van der Waals surface area contributed by atoms with Gasteiger partial charge < -0.3 is 10.2 Å². The van der Waals surface area contributed by atoms with Crippen LogP contribution in [-0.2, 0) is 12.2 Å². The molecule has 0 saturated carbocycles. The average molecular weight is 434 g/mol. The molecular formula is C24H27N5OS. The van der Waals surface area contributed by atoms with Crippen molar-refractivity contribution in [3.8, 4) is 0 Å². The highest BCUT2D eigenvalue weighted by atomic mass is 32.2. The summed E-state index contributed by atoms with van der Waals surface area (Å²) in [4.78, 5) is 28.3. The molecule has 0 unspecified atom stereocenters. The van der Waals surface area contributed by atoms with Crippen LogP contribution < -0.4 is 10.2 Å². The van der Waals surface area contributed by atoms with Gasteiger partial charge >= 0.3 is 0 Å². The molecule has 2 aromatic heterocycles. The topological polar surface area (TPSA) is 71.0 Å². The van der Waals surface area contributed by atoms with Crippen molar-refractivity contribution in [2.45, 2.75) is 37.1 Å². The third-order valence-electron chi connectivity index (χ3n) is 5.23. The molecule has 0 aliphatic carbocycles. The van der Waals surface area contributed by atoms with Gasteiger partial charge in [-0.05, 0) is 49.6 Å². The zero-order chi connectivity index (χ0) is 21.5. The van der Waals surface area contributed by atoms with Crippen LogP contribution in [0.15, 0.2) is 59.9 Å². The predicted molar refractivity (Wildman–Crippen MR) is 124 cm³/mol. The molecule has 1 N–H and O–H groups in total. The lowest BCUT2D eigenvalue weighted by molar-refractivity contribution is 0.0954. The van der Waals surface area contributed by atoms with E-state index in [0.29, 0.717) is 12.1 Å². The van der Waals surface area contributed by atoms with Crippen LogP contribution in [-0.4, -0.2) is 40.5 Å². The van der Waals surface area contributed by atoms with Crippen molar-refractivity contribution in [3.05, 3.63) is 77.2 Å². The maximum atomic E-state index is 12.4. The normalized spacial score (nSPS) is 13.4. The van der Waals surface area contributed by atoms with Gasteiger partial charge in [0.05, 0.1) is 0 Å². The summed E-state index contributed by atoms with van der Waals surface area (Å²) in [6, 6.07) is 15.6. The quantitative estimate of drug-likeness (QED) is 0.427. The molecule has 0 bridgehead atoms. The van der Waals surface area contributed by atoms with Crippen LogP contribution in [0.25, 0.3) is 0 Å². The number of carbonyl (C=O) groups is 1. The molecule has 1 saturated heterocycles. The first kappa shape index (κ1) is 21.3. The zero-order valence-corrected chi connectivity index (χ0v) is 18.6. The summed E-state index contributed by atoms with van der Waals surface area (Å²) in [5, 5.41) is 3.76. The molecule has 7 heteroatoms.